The molecule has 0 bridgehead atoms. The number of allylic oxidation sites excluding steroid dienone is 2. The zero-order valence-electron chi connectivity index (χ0n) is 19.4. The summed E-state index contributed by atoms with van der Waals surface area (Å²) in [5, 5.41) is 0. The summed E-state index contributed by atoms with van der Waals surface area (Å²) < 4.78 is 5.56. The molecular weight excluding hydrogens is 364 g/mol. The van der Waals surface area contributed by atoms with E-state index in [0.717, 1.165) is 24.2 Å². The SMILES string of the molecule is CCCCC[C@H]1CC[C@H](C=CC#C[C@H]2CC[C@H](c3ccc(OCC)cc3)CC2)CC1. The quantitative estimate of drug-likeness (QED) is 0.311. The molecule has 2 aliphatic carbocycles. The monoisotopic (exact) mass is 406 g/mol. The van der Waals surface area contributed by atoms with Crippen molar-refractivity contribution < 1.29 is 4.74 Å². The minimum Gasteiger partial charge on any atom is -0.494 e. The second-order valence-corrected chi connectivity index (χ2v) is 9.47. The molecule has 0 amide bonds. The van der Waals surface area contributed by atoms with E-state index in [1.54, 1.807) is 0 Å². The summed E-state index contributed by atoms with van der Waals surface area (Å²) in [6.07, 6.45) is 20.9. The van der Waals surface area contributed by atoms with E-state index in [1.165, 1.54) is 82.6 Å². The Morgan fingerprint density at radius 2 is 1.63 bits per heavy atom. The molecule has 3 rings (SSSR count). The van der Waals surface area contributed by atoms with E-state index in [0.29, 0.717) is 11.8 Å². The summed E-state index contributed by atoms with van der Waals surface area (Å²) >= 11 is 0. The standard InChI is InChI=1S/C29H42O/c1-3-5-6-9-24-12-14-25(15-13-24)10-7-8-11-26-16-18-27(19-17-26)28-20-22-29(23-21-28)30-4-2/h7,10,20-27H,3-6,9,12-19H2,1-2H3/t24-,25-,26-,27-. The van der Waals surface area contributed by atoms with Gasteiger partial charge in [0.1, 0.15) is 5.75 Å². The van der Waals surface area contributed by atoms with Crippen LogP contribution in [-0.2, 0) is 0 Å². The van der Waals surface area contributed by atoms with Crippen molar-refractivity contribution in [2.75, 3.05) is 6.61 Å². The van der Waals surface area contributed by atoms with Gasteiger partial charge >= 0.3 is 0 Å². The van der Waals surface area contributed by atoms with Crippen LogP contribution in [0.15, 0.2) is 36.4 Å². The number of unbranched alkanes of at least 4 members (excludes halogenated alkanes) is 2. The molecule has 0 aliphatic heterocycles. The number of rotatable bonds is 8. The molecule has 1 aromatic carbocycles. The molecule has 0 saturated heterocycles. The summed E-state index contributed by atoms with van der Waals surface area (Å²) in [7, 11) is 0. The van der Waals surface area contributed by atoms with E-state index in [-0.39, 0.29) is 0 Å². The Hall–Kier alpha value is -1.68. The van der Waals surface area contributed by atoms with Crippen LogP contribution >= 0.6 is 0 Å². The van der Waals surface area contributed by atoms with Gasteiger partial charge in [-0.1, -0.05) is 62.7 Å². The fourth-order valence-electron chi connectivity index (χ4n) is 5.28. The molecule has 0 N–H and O–H groups in total. The van der Waals surface area contributed by atoms with E-state index in [1.807, 2.05) is 6.92 Å². The lowest BCUT2D eigenvalue weighted by Gasteiger charge is -2.26. The molecule has 1 heteroatoms. The third kappa shape index (κ3) is 7.54. The summed E-state index contributed by atoms with van der Waals surface area (Å²) in [4.78, 5) is 0. The summed E-state index contributed by atoms with van der Waals surface area (Å²) in [6.45, 7) is 5.07. The highest BCUT2D eigenvalue weighted by molar-refractivity contribution is 5.30. The van der Waals surface area contributed by atoms with Crippen molar-refractivity contribution in [3.63, 3.8) is 0 Å². The molecule has 2 fully saturated rings. The zero-order valence-corrected chi connectivity index (χ0v) is 19.4. The molecule has 0 heterocycles. The molecule has 30 heavy (non-hydrogen) atoms. The van der Waals surface area contributed by atoms with E-state index in [2.05, 4.69) is 55.2 Å². The van der Waals surface area contributed by atoms with E-state index >= 15 is 0 Å². The van der Waals surface area contributed by atoms with Crippen LogP contribution in [0.5, 0.6) is 5.75 Å². The van der Waals surface area contributed by atoms with Gasteiger partial charge in [-0.2, -0.15) is 0 Å². The second-order valence-electron chi connectivity index (χ2n) is 9.47. The van der Waals surface area contributed by atoms with Gasteiger partial charge in [0.05, 0.1) is 6.61 Å². The Morgan fingerprint density at radius 1 is 0.900 bits per heavy atom. The maximum Gasteiger partial charge on any atom is 0.119 e. The Morgan fingerprint density at radius 3 is 2.30 bits per heavy atom. The summed E-state index contributed by atoms with van der Waals surface area (Å²) in [5.74, 6) is 11.0. The maximum absolute atomic E-state index is 5.56. The first-order valence-corrected chi connectivity index (χ1v) is 12.7. The molecule has 164 valence electrons. The van der Waals surface area contributed by atoms with Crippen LogP contribution in [-0.4, -0.2) is 6.61 Å². The highest BCUT2D eigenvalue weighted by Gasteiger charge is 2.21. The molecule has 0 atom stereocenters. The average molecular weight is 407 g/mol. The van der Waals surface area contributed by atoms with Crippen molar-refractivity contribution in [3.05, 3.63) is 42.0 Å². The molecule has 0 aromatic heterocycles. The van der Waals surface area contributed by atoms with Crippen LogP contribution in [0.3, 0.4) is 0 Å². The zero-order chi connectivity index (χ0) is 21.0. The fraction of sp³-hybridized carbons (Fsp3) is 0.655. The van der Waals surface area contributed by atoms with Gasteiger partial charge in [0.2, 0.25) is 0 Å². The van der Waals surface area contributed by atoms with Crippen LogP contribution in [0, 0.1) is 29.6 Å². The molecule has 2 saturated carbocycles. The maximum atomic E-state index is 5.56. The average Bonchev–Trinajstić information content (AvgIpc) is 2.79. The van der Waals surface area contributed by atoms with Gasteiger partial charge in [0, 0.05) is 5.92 Å². The Kier molecular flexibility index (Phi) is 9.88. The van der Waals surface area contributed by atoms with Gasteiger partial charge in [-0.25, -0.2) is 0 Å². The van der Waals surface area contributed by atoms with E-state index in [9.17, 15) is 0 Å². The minimum atomic E-state index is 0.586. The van der Waals surface area contributed by atoms with Crippen LogP contribution < -0.4 is 4.74 Å². The second kappa shape index (κ2) is 12.9. The van der Waals surface area contributed by atoms with Gasteiger partial charge in [-0.15, -0.1) is 0 Å². The smallest absolute Gasteiger partial charge is 0.119 e. The van der Waals surface area contributed by atoms with E-state index in [4.69, 9.17) is 4.74 Å². The third-order valence-electron chi connectivity index (χ3n) is 7.24. The predicted molar refractivity (Wildman–Crippen MR) is 129 cm³/mol. The van der Waals surface area contributed by atoms with Crippen LogP contribution in [0.1, 0.15) is 102 Å². The van der Waals surface area contributed by atoms with Gasteiger partial charge < -0.3 is 4.74 Å². The largest absolute Gasteiger partial charge is 0.494 e. The minimum absolute atomic E-state index is 0.586. The lowest BCUT2D eigenvalue weighted by Crippen LogP contribution is -2.13. The first kappa shape index (κ1) is 23.0. The van der Waals surface area contributed by atoms with Crippen LogP contribution in [0.2, 0.25) is 0 Å². The molecule has 0 spiro atoms. The molecule has 0 unspecified atom stereocenters. The van der Waals surface area contributed by atoms with Crippen LogP contribution in [0.4, 0.5) is 0 Å². The predicted octanol–water partition coefficient (Wildman–Crippen LogP) is 8.31. The lowest BCUT2D eigenvalue weighted by molar-refractivity contribution is 0.289. The first-order valence-electron chi connectivity index (χ1n) is 12.7. The Balaban J connectivity index is 1.35. The van der Waals surface area contributed by atoms with Crippen LogP contribution in [0.25, 0.3) is 0 Å². The Bertz CT molecular complexity index is 673. The Labute approximate surface area is 185 Å². The number of benzene rings is 1. The van der Waals surface area contributed by atoms with Gasteiger partial charge in [-0.05, 0) is 99.8 Å². The number of hydrogen-bond acceptors (Lipinski definition) is 1. The van der Waals surface area contributed by atoms with Crippen molar-refractivity contribution in [1.82, 2.24) is 0 Å². The number of ether oxygens (including phenoxy) is 1. The van der Waals surface area contributed by atoms with Crippen molar-refractivity contribution in [2.45, 2.75) is 96.8 Å². The fourth-order valence-corrected chi connectivity index (χ4v) is 5.28. The first-order chi connectivity index (χ1) is 14.8. The summed E-state index contributed by atoms with van der Waals surface area (Å²) in [5.41, 5.74) is 1.47. The van der Waals surface area contributed by atoms with Gasteiger partial charge in [0.15, 0.2) is 0 Å². The molecule has 1 nitrogen and oxygen atoms in total. The van der Waals surface area contributed by atoms with Gasteiger partial charge in [0.25, 0.3) is 0 Å². The van der Waals surface area contributed by atoms with Crippen molar-refractivity contribution in [3.8, 4) is 17.6 Å². The highest BCUT2D eigenvalue weighted by Crippen LogP contribution is 2.36. The summed E-state index contributed by atoms with van der Waals surface area (Å²) in [6, 6.07) is 8.74. The molecule has 1 aromatic rings. The molecular formula is C29H42O. The van der Waals surface area contributed by atoms with Crippen molar-refractivity contribution in [1.29, 1.82) is 0 Å². The normalized spacial score (nSPS) is 26.9. The highest BCUT2D eigenvalue weighted by atomic mass is 16.5. The number of hydrogen-bond donors (Lipinski definition) is 0. The molecule has 0 radical (unpaired) electrons. The lowest BCUT2D eigenvalue weighted by atomic mass is 9.79. The van der Waals surface area contributed by atoms with Crippen molar-refractivity contribution >= 4 is 0 Å². The van der Waals surface area contributed by atoms with E-state index < -0.39 is 0 Å². The third-order valence-corrected chi connectivity index (χ3v) is 7.24. The molecule has 2 aliphatic rings. The van der Waals surface area contributed by atoms with Crippen molar-refractivity contribution in [2.24, 2.45) is 17.8 Å². The van der Waals surface area contributed by atoms with Gasteiger partial charge in [-0.3, -0.25) is 0 Å². The topological polar surface area (TPSA) is 9.23 Å².